The molecule has 0 amide bonds. The van der Waals surface area contributed by atoms with Crippen molar-refractivity contribution in [3.8, 4) is 0 Å². The Labute approximate surface area is 93.2 Å². The van der Waals surface area contributed by atoms with Crippen molar-refractivity contribution >= 4 is 0 Å². The molecule has 0 aromatic heterocycles. The molecular formula is C12H24N2O. The van der Waals surface area contributed by atoms with Crippen LogP contribution in [0.3, 0.4) is 0 Å². The average Bonchev–Trinajstić information content (AvgIpc) is 2.86. The molecule has 88 valence electrons. The zero-order valence-corrected chi connectivity index (χ0v) is 9.87. The second-order valence-electron chi connectivity index (χ2n) is 4.98. The number of nitrogens with zero attached hydrogens (tertiary/aromatic N) is 1. The Morgan fingerprint density at radius 2 is 2.27 bits per heavy atom. The van der Waals surface area contributed by atoms with Gasteiger partial charge in [-0.1, -0.05) is 0 Å². The first kappa shape index (κ1) is 11.4. The van der Waals surface area contributed by atoms with Crippen molar-refractivity contribution < 1.29 is 4.74 Å². The highest BCUT2D eigenvalue weighted by Gasteiger charge is 2.18. The third-order valence-electron chi connectivity index (χ3n) is 3.55. The van der Waals surface area contributed by atoms with Crippen molar-refractivity contribution in [1.82, 2.24) is 10.2 Å². The molecule has 0 aromatic carbocycles. The highest BCUT2D eigenvalue weighted by molar-refractivity contribution is 4.77. The number of likely N-dealkylation sites (N-methyl/N-ethyl adjacent to an activating group) is 1. The molecule has 2 heterocycles. The van der Waals surface area contributed by atoms with Crippen LogP contribution in [0.5, 0.6) is 0 Å². The maximum atomic E-state index is 5.63. The first-order valence-corrected chi connectivity index (χ1v) is 6.38. The Bertz CT molecular complexity index is 174. The molecule has 2 unspecified atom stereocenters. The summed E-state index contributed by atoms with van der Waals surface area (Å²) in [5.41, 5.74) is 0. The molecule has 2 rings (SSSR count). The summed E-state index contributed by atoms with van der Waals surface area (Å²) in [6.45, 7) is 4.58. The van der Waals surface area contributed by atoms with Gasteiger partial charge in [0.25, 0.3) is 0 Å². The van der Waals surface area contributed by atoms with Gasteiger partial charge in [-0.05, 0) is 45.7 Å². The standard InChI is InChI=1S/C12H24N2O/c1-14(10-11-4-2-7-13-11)8-6-12-5-3-9-15-12/h11-13H,2-10H2,1H3. The first-order chi connectivity index (χ1) is 7.34. The Morgan fingerprint density at radius 1 is 1.33 bits per heavy atom. The fourth-order valence-electron chi connectivity index (χ4n) is 2.62. The number of hydrogen-bond donors (Lipinski definition) is 1. The van der Waals surface area contributed by atoms with Gasteiger partial charge in [-0.15, -0.1) is 0 Å². The number of hydrogen-bond acceptors (Lipinski definition) is 3. The highest BCUT2D eigenvalue weighted by Crippen LogP contribution is 2.15. The molecule has 1 N–H and O–H groups in total. The molecule has 0 bridgehead atoms. The van der Waals surface area contributed by atoms with Crippen LogP contribution >= 0.6 is 0 Å². The first-order valence-electron chi connectivity index (χ1n) is 6.38. The van der Waals surface area contributed by atoms with E-state index in [1.807, 2.05) is 0 Å². The maximum absolute atomic E-state index is 5.63. The number of nitrogens with one attached hydrogen (secondary N) is 1. The fourth-order valence-corrected chi connectivity index (χ4v) is 2.62. The topological polar surface area (TPSA) is 24.5 Å². The fraction of sp³-hybridized carbons (Fsp3) is 1.00. The van der Waals surface area contributed by atoms with Crippen molar-refractivity contribution in [2.45, 2.75) is 44.2 Å². The molecule has 0 aliphatic carbocycles. The second-order valence-corrected chi connectivity index (χ2v) is 4.98. The van der Waals surface area contributed by atoms with E-state index in [1.54, 1.807) is 0 Å². The molecule has 2 saturated heterocycles. The number of ether oxygens (including phenoxy) is 1. The summed E-state index contributed by atoms with van der Waals surface area (Å²) in [6.07, 6.45) is 7.00. The summed E-state index contributed by atoms with van der Waals surface area (Å²) < 4.78 is 5.63. The van der Waals surface area contributed by atoms with Crippen LogP contribution in [0.4, 0.5) is 0 Å². The van der Waals surface area contributed by atoms with Gasteiger partial charge in [0.1, 0.15) is 0 Å². The molecule has 0 aromatic rings. The summed E-state index contributed by atoms with van der Waals surface area (Å²) in [6, 6.07) is 0.736. The van der Waals surface area contributed by atoms with Gasteiger partial charge >= 0.3 is 0 Å². The zero-order valence-electron chi connectivity index (χ0n) is 9.87. The molecule has 2 atom stereocenters. The predicted molar refractivity (Wildman–Crippen MR) is 62.1 cm³/mol. The van der Waals surface area contributed by atoms with E-state index in [-0.39, 0.29) is 0 Å². The van der Waals surface area contributed by atoms with E-state index < -0.39 is 0 Å². The average molecular weight is 212 g/mol. The predicted octanol–water partition coefficient (Wildman–Crippen LogP) is 1.24. The summed E-state index contributed by atoms with van der Waals surface area (Å²) in [5.74, 6) is 0. The third kappa shape index (κ3) is 3.74. The lowest BCUT2D eigenvalue weighted by Crippen LogP contribution is -2.36. The van der Waals surface area contributed by atoms with E-state index in [1.165, 1.54) is 51.7 Å². The minimum Gasteiger partial charge on any atom is -0.378 e. The van der Waals surface area contributed by atoms with Crippen molar-refractivity contribution in [3.05, 3.63) is 0 Å². The van der Waals surface area contributed by atoms with Crippen LogP contribution in [0.15, 0.2) is 0 Å². The van der Waals surface area contributed by atoms with Crippen LogP contribution in [-0.4, -0.2) is 50.3 Å². The molecule has 2 aliphatic rings. The van der Waals surface area contributed by atoms with Crippen molar-refractivity contribution in [3.63, 3.8) is 0 Å². The van der Waals surface area contributed by atoms with E-state index in [0.29, 0.717) is 6.10 Å². The van der Waals surface area contributed by atoms with Gasteiger partial charge in [0.15, 0.2) is 0 Å². The molecule has 0 radical (unpaired) electrons. The Kier molecular flexibility index (Phi) is 4.42. The van der Waals surface area contributed by atoms with Crippen molar-refractivity contribution in [2.75, 3.05) is 33.3 Å². The summed E-state index contributed by atoms with van der Waals surface area (Å²) >= 11 is 0. The van der Waals surface area contributed by atoms with Crippen molar-refractivity contribution in [1.29, 1.82) is 0 Å². The molecule has 0 saturated carbocycles. The van der Waals surface area contributed by atoms with Gasteiger partial charge in [-0.25, -0.2) is 0 Å². The van der Waals surface area contributed by atoms with Crippen LogP contribution in [0, 0.1) is 0 Å². The van der Waals surface area contributed by atoms with Gasteiger partial charge in [0, 0.05) is 25.7 Å². The van der Waals surface area contributed by atoms with E-state index >= 15 is 0 Å². The van der Waals surface area contributed by atoms with Gasteiger partial charge in [0.05, 0.1) is 6.10 Å². The lowest BCUT2D eigenvalue weighted by Gasteiger charge is -2.22. The quantitative estimate of drug-likeness (QED) is 0.742. The van der Waals surface area contributed by atoms with E-state index in [9.17, 15) is 0 Å². The lowest BCUT2D eigenvalue weighted by molar-refractivity contribution is 0.0942. The van der Waals surface area contributed by atoms with Crippen LogP contribution < -0.4 is 5.32 Å². The lowest BCUT2D eigenvalue weighted by atomic mass is 10.1. The van der Waals surface area contributed by atoms with Gasteiger partial charge in [0.2, 0.25) is 0 Å². The molecule has 15 heavy (non-hydrogen) atoms. The monoisotopic (exact) mass is 212 g/mol. The second kappa shape index (κ2) is 5.83. The minimum absolute atomic E-state index is 0.545. The summed E-state index contributed by atoms with van der Waals surface area (Å²) in [4.78, 5) is 2.45. The summed E-state index contributed by atoms with van der Waals surface area (Å²) in [5, 5.41) is 3.54. The molecule has 2 aliphatic heterocycles. The zero-order chi connectivity index (χ0) is 10.5. The Balaban J connectivity index is 1.57. The van der Waals surface area contributed by atoms with Crippen LogP contribution in [0.25, 0.3) is 0 Å². The van der Waals surface area contributed by atoms with Gasteiger partial charge < -0.3 is 15.0 Å². The smallest absolute Gasteiger partial charge is 0.0588 e. The van der Waals surface area contributed by atoms with E-state index in [2.05, 4.69) is 17.3 Å². The van der Waals surface area contributed by atoms with Crippen LogP contribution in [-0.2, 0) is 4.74 Å². The summed E-state index contributed by atoms with van der Waals surface area (Å²) in [7, 11) is 2.23. The maximum Gasteiger partial charge on any atom is 0.0588 e. The van der Waals surface area contributed by atoms with Crippen LogP contribution in [0.1, 0.15) is 32.1 Å². The Morgan fingerprint density at radius 3 is 2.93 bits per heavy atom. The van der Waals surface area contributed by atoms with E-state index in [4.69, 9.17) is 4.74 Å². The molecule has 2 fully saturated rings. The van der Waals surface area contributed by atoms with Crippen molar-refractivity contribution in [2.24, 2.45) is 0 Å². The molecular weight excluding hydrogens is 188 g/mol. The molecule has 3 nitrogen and oxygen atoms in total. The SMILES string of the molecule is CN(CCC1CCCO1)CC1CCCN1. The Hall–Kier alpha value is -0.120. The number of rotatable bonds is 5. The van der Waals surface area contributed by atoms with Crippen LogP contribution in [0.2, 0.25) is 0 Å². The van der Waals surface area contributed by atoms with Gasteiger partial charge in [-0.3, -0.25) is 0 Å². The highest BCUT2D eigenvalue weighted by atomic mass is 16.5. The normalized spacial score (nSPS) is 31.6. The van der Waals surface area contributed by atoms with Gasteiger partial charge in [-0.2, -0.15) is 0 Å². The van der Waals surface area contributed by atoms with E-state index in [0.717, 1.165) is 12.6 Å². The largest absolute Gasteiger partial charge is 0.378 e. The minimum atomic E-state index is 0.545. The molecule has 3 heteroatoms. The molecule has 0 spiro atoms. The third-order valence-corrected chi connectivity index (χ3v) is 3.55.